The van der Waals surface area contributed by atoms with E-state index in [0.29, 0.717) is 5.82 Å². The first-order valence-electron chi connectivity index (χ1n) is 5.81. The van der Waals surface area contributed by atoms with E-state index >= 15 is 0 Å². The number of hydrogen-bond donors (Lipinski definition) is 1. The highest BCUT2D eigenvalue weighted by molar-refractivity contribution is 5.88. The molecule has 0 unspecified atom stereocenters. The average Bonchev–Trinajstić information content (AvgIpc) is 2.46. The fourth-order valence-electron chi connectivity index (χ4n) is 1.41. The molecule has 2 aromatic rings. The SMILES string of the molecule is CN(C)c1ccc(N=Nc2cc(C(=O)O)ccn2)nc1. The van der Waals surface area contributed by atoms with Crippen molar-refractivity contribution in [1.29, 1.82) is 0 Å². The van der Waals surface area contributed by atoms with Gasteiger partial charge >= 0.3 is 5.97 Å². The molecule has 1 N–H and O–H groups in total. The van der Waals surface area contributed by atoms with E-state index in [-0.39, 0.29) is 11.4 Å². The van der Waals surface area contributed by atoms with Crippen LogP contribution < -0.4 is 4.90 Å². The number of rotatable bonds is 4. The van der Waals surface area contributed by atoms with Crippen molar-refractivity contribution in [3.05, 3.63) is 42.2 Å². The fourth-order valence-corrected chi connectivity index (χ4v) is 1.41. The zero-order chi connectivity index (χ0) is 14.5. The smallest absolute Gasteiger partial charge is 0.335 e. The molecule has 0 bridgehead atoms. The van der Waals surface area contributed by atoms with Crippen LogP contribution in [0.25, 0.3) is 0 Å². The first-order valence-corrected chi connectivity index (χ1v) is 5.81. The van der Waals surface area contributed by atoms with E-state index in [1.807, 2.05) is 25.1 Å². The Morgan fingerprint density at radius 2 is 1.90 bits per heavy atom. The second-order valence-electron chi connectivity index (χ2n) is 4.18. The number of carboxylic acid groups (broad SMARTS) is 1. The van der Waals surface area contributed by atoms with Gasteiger partial charge in [0.15, 0.2) is 11.6 Å². The third kappa shape index (κ3) is 3.35. The number of carbonyl (C=O) groups is 1. The summed E-state index contributed by atoms with van der Waals surface area (Å²) < 4.78 is 0. The van der Waals surface area contributed by atoms with Crippen molar-refractivity contribution in [1.82, 2.24) is 9.97 Å². The minimum absolute atomic E-state index is 0.116. The van der Waals surface area contributed by atoms with Crippen LogP contribution in [0.5, 0.6) is 0 Å². The van der Waals surface area contributed by atoms with Crippen molar-refractivity contribution >= 4 is 23.3 Å². The Hall–Kier alpha value is -2.83. The van der Waals surface area contributed by atoms with Crippen molar-refractivity contribution in [2.75, 3.05) is 19.0 Å². The molecular formula is C13H13N5O2. The molecule has 0 aliphatic rings. The summed E-state index contributed by atoms with van der Waals surface area (Å²) in [5, 5.41) is 16.6. The lowest BCUT2D eigenvalue weighted by Crippen LogP contribution is -2.08. The number of hydrogen-bond acceptors (Lipinski definition) is 6. The Bertz CT molecular complexity index is 637. The molecular weight excluding hydrogens is 258 g/mol. The number of azo groups is 1. The minimum Gasteiger partial charge on any atom is -0.478 e. The Labute approximate surface area is 115 Å². The van der Waals surface area contributed by atoms with Gasteiger partial charge in [0, 0.05) is 20.3 Å². The predicted octanol–water partition coefficient (Wildman–Crippen LogP) is 2.66. The summed E-state index contributed by atoms with van der Waals surface area (Å²) in [7, 11) is 3.83. The van der Waals surface area contributed by atoms with Gasteiger partial charge in [-0.15, -0.1) is 10.2 Å². The van der Waals surface area contributed by atoms with Gasteiger partial charge in [0.05, 0.1) is 17.4 Å². The van der Waals surface area contributed by atoms with Gasteiger partial charge in [0.1, 0.15) is 0 Å². The number of nitrogens with zero attached hydrogens (tertiary/aromatic N) is 5. The van der Waals surface area contributed by atoms with Crippen LogP contribution in [0, 0.1) is 0 Å². The van der Waals surface area contributed by atoms with Crippen molar-refractivity contribution in [3.63, 3.8) is 0 Å². The number of anilines is 1. The number of aromatic carboxylic acids is 1. The normalized spacial score (nSPS) is 10.7. The first-order chi connectivity index (χ1) is 9.56. The van der Waals surface area contributed by atoms with Crippen LogP contribution in [0.2, 0.25) is 0 Å². The van der Waals surface area contributed by atoms with Crippen LogP contribution >= 0.6 is 0 Å². The lowest BCUT2D eigenvalue weighted by molar-refractivity contribution is 0.0697. The molecule has 20 heavy (non-hydrogen) atoms. The molecule has 7 nitrogen and oxygen atoms in total. The van der Waals surface area contributed by atoms with Gasteiger partial charge in [-0.2, -0.15) is 0 Å². The summed E-state index contributed by atoms with van der Waals surface area (Å²) in [5.74, 6) is -0.376. The molecule has 0 radical (unpaired) electrons. The largest absolute Gasteiger partial charge is 0.478 e. The van der Waals surface area contributed by atoms with Gasteiger partial charge in [0.25, 0.3) is 0 Å². The third-order valence-electron chi connectivity index (χ3n) is 2.50. The van der Waals surface area contributed by atoms with Gasteiger partial charge < -0.3 is 10.0 Å². The van der Waals surface area contributed by atoms with Gasteiger partial charge in [-0.25, -0.2) is 14.8 Å². The van der Waals surface area contributed by atoms with Crippen molar-refractivity contribution in [2.24, 2.45) is 10.2 Å². The second kappa shape index (κ2) is 5.87. The van der Waals surface area contributed by atoms with E-state index in [1.165, 1.54) is 18.3 Å². The Morgan fingerprint density at radius 1 is 1.15 bits per heavy atom. The van der Waals surface area contributed by atoms with E-state index in [1.54, 1.807) is 12.3 Å². The lowest BCUT2D eigenvalue weighted by atomic mass is 10.3. The molecule has 2 aromatic heterocycles. The summed E-state index contributed by atoms with van der Waals surface area (Å²) in [5.41, 5.74) is 1.07. The van der Waals surface area contributed by atoms with E-state index in [4.69, 9.17) is 5.11 Å². The second-order valence-corrected chi connectivity index (χ2v) is 4.18. The molecule has 0 atom stereocenters. The predicted molar refractivity (Wildman–Crippen MR) is 73.9 cm³/mol. The standard InChI is InChI=1S/C13H13N5O2/c1-18(2)10-3-4-11(15-8-10)16-17-12-7-9(13(19)20)5-6-14-12/h3-8H,1-2H3,(H,19,20). The molecule has 0 aromatic carbocycles. The van der Waals surface area contributed by atoms with E-state index < -0.39 is 5.97 Å². The Balaban J connectivity index is 2.16. The van der Waals surface area contributed by atoms with Crippen molar-refractivity contribution in [2.45, 2.75) is 0 Å². The highest BCUT2D eigenvalue weighted by atomic mass is 16.4. The van der Waals surface area contributed by atoms with Gasteiger partial charge in [0.2, 0.25) is 0 Å². The van der Waals surface area contributed by atoms with Crippen LogP contribution in [-0.2, 0) is 0 Å². The monoisotopic (exact) mass is 271 g/mol. The molecule has 102 valence electrons. The molecule has 7 heteroatoms. The van der Waals surface area contributed by atoms with Crippen LogP contribution in [-0.4, -0.2) is 35.1 Å². The maximum absolute atomic E-state index is 10.8. The van der Waals surface area contributed by atoms with E-state index in [2.05, 4.69) is 20.2 Å². The molecule has 0 fully saturated rings. The molecule has 2 rings (SSSR count). The zero-order valence-electron chi connectivity index (χ0n) is 11.1. The first kappa shape index (κ1) is 13.6. The summed E-state index contributed by atoms with van der Waals surface area (Å²) >= 11 is 0. The van der Waals surface area contributed by atoms with Gasteiger partial charge in [-0.3, -0.25) is 0 Å². The molecule has 0 aliphatic heterocycles. The molecule has 0 saturated heterocycles. The summed E-state index contributed by atoms with van der Waals surface area (Å²) in [6.45, 7) is 0. The number of pyridine rings is 2. The quantitative estimate of drug-likeness (QED) is 0.863. The Morgan fingerprint density at radius 3 is 2.50 bits per heavy atom. The molecule has 0 saturated carbocycles. The molecule has 0 aliphatic carbocycles. The molecule has 0 spiro atoms. The van der Waals surface area contributed by atoms with E-state index in [9.17, 15) is 4.79 Å². The van der Waals surface area contributed by atoms with Crippen molar-refractivity contribution in [3.8, 4) is 0 Å². The molecule has 0 amide bonds. The fraction of sp³-hybridized carbons (Fsp3) is 0.154. The summed E-state index contributed by atoms with van der Waals surface area (Å²) in [6.07, 6.45) is 3.05. The summed E-state index contributed by atoms with van der Waals surface area (Å²) in [6, 6.07) is 6.33. The topological polar surface area (TPSA) is 91.0 Å². The van der Waals surface area contributed by atoms with Gasteiger partial charge in [-0.05, 0) is 24.3 Å². The summed E-state index contributed by atoms with van der Waals surface area (Å²) in [4.78, 5) is 20.8. The van der Waals surface area contributed by atoms with E-state index in [0.717, 1.165) is 5.69 Å². The van der Waals surface area contributed by atoms with Crippen LogP contribution in [0.15, 0.2) is 46.9 Å². The van der Waals surface area contributed by atoms with Crippen molar-refractivity contribution < 1.29 is 9.90 Å². The minimum atomic E-state index is -1.03. The highest BCUT2D eigenvalue weighted by Crippen LogP contribution is 2.17. The van der Waals surface area contributed by atoms with Gasteiger partial charge in [-0.1, -0.05) is 0 Å². The van der Waals surface area contributed by atoms with Crippen LogP contribution in [0.4, 0.5) is 17.3 Å². The van der Waals surface area contributed by atoms with Crippen LogP contribution in [0.1, 0.15) is 10.4 Å². The maximum Gasteiger partial charge on any atom is 0.335 e. The average molecular weight is 271 g/mol. The maximum atomic E-state index is 10.8. The lowest BCUT2D eigenvalue weighted by Gasteiger charge is -2.10. The third-order valence-corrected chi connectivity index (χ3v) is 2.50. The number of aromatic nitrogens is 2. The Kier molecular flexibility index (Phi) is 3.99. The zero-order valence-corrected chi connectivity index (χ0v) is 11.1. The van der Waals surface area contributed by atoms with Crippen LogP contribution in [0.3, 0.4) is 0 Å². The highest BCUT2D eigenvalue weighted by Gasteiger charge is 2.03. The molecule has 2 heterocycles. The number of carboxylic acids is 1.